The van der Waals surface area contributed by atoms with Gasteiger partial charge in [-0.15, -0.1) is 0 Å². The molecule has 0 aliphatic rings. The topological polar surface area (TPSA) is 57.0 Å². The van der Waals surface area contributed by atoms with E-state index < -0.39 is 0 Å². The molecule has 0 bridgehead atoms. The molecule has 0 aromatic carbocycles. The number of aromatic nitrogens is 3. The highest BCUT2D eigenvalue weighted by Crippen LogP contribution is 2.26. The Balaban J connectivity index is 2.28. The van der Waals surface area contributed by atoms with E-state index in [1.165, 1.54) is 6.92 Å². The summed E-state index contributed by atoms with van der Waals surface area (Å²) in [6, 6.07) is 3.97. The summed E-state index contributed by atoms with van der Waals surface area (Å²) in [5, 5.41) is 4.35. The van der Waals surface area contributed by atoms with Crippen LogP contribution in [0.2, 0.25) is 0 Å². The summed E-state index contributed by atoms with van der Waals surface area (Å²) < 4.78 is 7.62. The summed E-state index contributed by atoms with van der Waals surface area (Å²) in [5.41, 5.74) is 2.22. The summed E-state index contributed by atoms with van der Waals surface area (Å²) in [4.78, 5) is 15.7. The Kier molecular flexibility index (Phi) is 4.17. The zero-order valence-electron chi connectivity index (χ0n) is 12.3. The second-order valence-corrected chi connectivity index (χ2v) is 5.01. The highest BCUT2D eigenvalue weighted by Gasteiger charge is 2.20. The Morgan fingerprint density at radius 2 is 2.20 bits per heavy atom. The van der Waals surface area contributed by atoms with Crippen LogP contribution in [0, 0.1) is 6.92 Å². The van der Waals surface area contributed by atoms with Crippen molar-refractivity contribution in [2.45, 2.75) is 40.3 Å². The van der Waals surface area contributed by atoms with E-state index in [1.807, 2.05) is 37.6 Å². The van der Waals surface area contributed by atoms with Crippen molar-refractivity contribution >= 4 is 5.78 Å². The zero-order chi connectivity index (χ0) is 14.7. The van der Waals surface area contributed by atoms with Crippen LogP contribution in [-0.2, 0) is 6.61 Å². The van der Waals surface area contributed by atoms with E-state index in [0.717, 1.165) is 11.3 Å². The van der Waals surface area contributed by atoms with Gasteiger partial charge in [-0.05, 0) is 26.8 Å². The Morgan fingerprint density at radius 3 is 2.75 bits per heavy atom. The van der Waals surface area contributed by atoms with Gasteiger partial charge in [-0.1, -0.05) is 6.07 Å². The van der Waals surface area contributed by atoms with Crippen LogP contribution in [0.25, 0.3) is 0 Å². The molecule has 2 aromatic heterocycles. The van der Waals surface area contributed by atoms with Crippen molar-refractivity contribution in [3.05, 3.63) is 41.5 Å². The number of ketones is 1. The van der Waals surface area contributed by atoms with Gasteiger partial charge in [0.05, 0.1) is 5.69 Å². The fraction of sp³-hybridized carbons (Fsp3) is 0.400. The summed E-state index contributed by atoms with van der Waals surface area (Å²) >= 11 is 0. The van der Waals surface area contributed by atoms with Gasteiger partial charge < -0.3 is 4.74 Å². The average Bonchev–Trinajstić information content (AvgIpc) is 2.75. The molecular weight excluding hydrogens is 254 g/mol. The average molecular weight is 273 g/mol. The maximum absolute atomic E-state index is 11.7. The molecule has 0 amide bonds. The predicted molar refractivity (Wildman–Crippen MR) is 75.9 cm³/mol. The highest BCUT2D eigenvalue weighted by molar-refractivity contribution is 5.95. The lowest BCUT2D eigenvalue weighted by atomic mass is 10.2. The van der Waals surface area contributed by atoms with Crippen LogP contribution >= 0.6 is 0 Å². The van der Waals surface area contributed by atoms with Gasteiger partial charge in [0.2, 0.25) is 0 Å². The summed E-state index contributed by atoms with van der Waals surface area (Å²) in [5.74, 6) is 0.476. The Bertz CT molecular complexity index is 603. The van der Waals surface area contributed by atoms with Crippen molar-refractivity contribution in [1.82, 2.24) is 14.8 Å². The molecule has 0 fully saturated rings. The third-order valence-electron chi connectivity index (χ3n) is 3.02. The minimum absolute atomic E-state index is 0.0892. The monoisotopic (exact) mass is 273 g/mol. The maximum Gasteiger partial charge on any atom is 0.183 e. The fourth-order valence-electron chi connectivity index (χ4n) is 2.05. The number of rotatable bonds is 5. The summed E-state index contributed by atoms with van der Waals surface area (Å²) in [7, 11) is 0. The predicted octanol–water partition coefficient (Wildman–Crippen LogP) is 2.95. The molecule has 5 heteroatoms. The molecule has 2 heterocycles. The molecule has 0 saturated carbocycles. The third-order valence-corrected chi connectivity index (χ3v) is 3.02. The Morgan fingerprint density at radius 1 is 1.45 bits per heavy atom. The number of Topliss-reactive ketones (excluding diaryl/α,β-unsaturated/α-hetero) is 1. The number of nitrogens with zero attached hydrogens (tertiary/aromatic N) is 3. The first-order valence-electron chi connectivity index (χ1n) is 6.62. The van der Waals surface area contributed by atoms with E-state index in [2.05, 4.69) is 10.1 Å². The first-order chi connectivity index (χ1) is 9.50. The molecule has 2 aromatic rings. The molecule has 2 rings (SSSR count). The smallest absolute Gasteiger partial charge is 0.183 e. The van der Waals surface area contributed by atoms with Gasteiger partial charge in [0.25, 0.3) is 0 Å². The minimum Gasteiger partial charge on any atom is -0.484 e. The number of ether oxygens (including phenoxy) is 1. The maximum atomic E-state index is 11.7. The van der Waals surface area contributed by atoms with Crippen molar-refractivity contribution < 1.29 is 9.53 Å². The van der Waals surface area contributed by atoms with Gasteiger partial charge in [0.15, 0.2) is 17.2 Å². The lowest BCUT2D eigenvalue weighted by molar-refractivity contribution is 0.100. The van der Waals surface area contributed by atoms with Crippen LogP contribution in [-0.4, -0.2) is 20.5 Å². The van der Waals surface area contributed by atoms with Crippen LogP contribution in [0.1, 0.15) is 48.6 Å². The molecule has 0 radical (unpaired) electrons. The van der Waals surface area contributed by atoms with Crippen LogP contribution in [0.15, 0.2) is 24.5 Å². The van der Waals surface area contributed by atoms with Crippen LogP contribution < -0.4 is 4.74 Å². The zero-order valence-corrected chi connectivity index (χ0v) is 12.3. The number of pyridine rings is 1. The van der Waals surface area contributed by atoms with Crippen LogP contribution in [0.3, 0.4) is 0 Å². The molecule has 0 saturated heterocycles. The molecule has 20 heavy (non-hydrogen) atoms. The molecule has 0 atom stereocenters. The van der Waals surface area contributed by atoms with E-state index in [9.17, 15) is 4.79 Å². The van der Waals surface area contributed by atoms with E-state index in [4.69, 9.17) is 4.74 Å². The van der Waals surface area contributed by atoms with Crippen molar-refractivity contribution in [1.29, 1.82) is 0 Å². The van der Waals surface area contributed by atoms with Crippen molar-refractivity contribution in [2.75, 3.05) is 0 Å². The van der Waals surface area contributed by atoms with Gasteiger partial charge in [0.1, 0.15) is 6.61 Å². The number of carbonyl (C=O) groups excluding carboxylic acids is 1. The summed E-state index contributed by atoms with van der Waals surface area (Å²) in [6.07, 6.45) is 3.46. The SMILES string of the molecule is CC(=O)c1nn(C(C)C)c(C)c1OCc1cccnc1. The number of hydrogen-bond acceptors (Lipinski definition) is 4. The molecule has 106 valence electrons. The van der Waals surface area contributed by atoms with Crippen LogP contribution in [0.5, 0.6) is 5.75 Å². The van der Waals surface area contributed by atoms with Crippen LogP contribution in [0.4, 0.5) is 0 Å². The third kappa shape index (κ3) is 2.87. The molecule has 0 spiro atoms. The van der Waals surface area contributed by atoms with E-state index in [0.29, 0.717) is 18.1 Å². The molecule has 0 aliphatic heterocycles. The molecule has 0 unspecified atom stereocenters. The van der Waals surface area contributed by atoms with Gasteiger partial charge >= 0.3 is 0 Å². The molecule has 5 nitrogen and oxygen atoms in total. The standard InChI is InChI=1S/C15H19N3O2/c1-10(2)18-11(3)15(14(17-18)12(4)19)20-9-13-6-5-7-16-8-13/h5-8,10H,9H2,1-4H3. The first kappa shape index (κ1) is 14.2. The van der Waals surface area contributed by atoms with Gasteiger partial charge in [0, 0.05) is 30.9 Å². The van der Waals surface area contributed by atoms with Gasteiger partial charge in [-0.3, -0.25) is 14.5 Å². The van der Waals surface area contributed by atoms with Gasteiger partial charge in [-0.2, -0.15) is 5.10 Å². The number of carbonyl (C=O) groups is 1. The second kappa shape index (κ2) is 5.86. The minimum atomic E-state index is -0.0892. The molecule has 0 aliphatic carbocycles. The highest BCUT2D eigenvalue weighted by atomic mass is 16.5. The van der Waals surface area contributed by atoms with E-state index in [1.54, 1.807) is 12.4 Å². The van der Waals surface area contributed by atoms with Crippen molar-refractivity contribution in [3.8, 4) is 5.75 Å². The quantitative estimate of drug-likeness (QED) is 0.786. The largest absolute Gasteiger partial charge is 0.484 e. The first-order valence-corrected chi connectivity index (χ1v) is 6.62. The summed E-state index contributed by atoms with van der Waals surface area (Å²) in [6.45, 7) is 7.84. The molecule has 0 N–H and O–H groups in total. The van der Waals surface area contributed by atoms with Crippen molar-refractivity contribution in [3.63, 3.8) is 0 Å². The number of hydrogen-bond donors (Lipinski definition) is 0. The fourth-order valence-corrected chi connectivity index (χ4v) is 2.05. The molecular formula is C15H19N3O2. The lowest BCUT2D eigenvalue weighted by Gasteiger charge is -2.09. The normalized spacial score (nSPS) is 10.8. The van der Waals surface area contributed by atoms with Crippen molar-refractivity contribution in [2.24, 2.45) is 0 Å². The second-order valence-electron chi connectivity index (χ2n) is 5.01. The van der Waals surface area contributed by atoms with E-state index in [-0.39, 0.29) is 11.8 Å². The van der Waals surface area contributed by atoms with E-state index >= 15 is 0 Å². The van der Waals surface area contributed by atoms with Gasteiger partial charge in [-0.25, -0.2) is 0 Å². The Labute approximate surface area is 118 Å². The lowest BCUT2D eigenvalue weighted by Crippen LogP contribution is -2.05. The Hall–Kier alpha value is -2.17.